The molecule has 4 aromatic rings. The van der Waals surface area contributed by atoms with Crippen LogP contribution in [0.5, 0.6) is 0 Å². The minimum absolute atomic E-state index is 0.00893. The molecule has 118 valence electrons. The Balaban J connectivity index is 1.79. The molecule has 4 rings (SSSR count). The maximum Gasteiger partial charge on any atom is 0.295 e. The van der Waals surface area contributed by atoms with Crippen molar-refractivity contribution < 1.29 is 4.92 Å². The monoisotopic (exact) mass is 356 g/mol. The molecule has 6 nitrogen and oxygen atoms in total. The van der Waals surface area contributed by atoms with Crippen LogP contribution in [0.25, 0.3) is 28.0 Å². The number of nitrogens with zero attached hydrogens (tertiary/aromatic N) is 4. The molecule has 0 unspecified atom stereocenters. The molecule has 0 amide bonds. The van der Waals surface area contributed by atoms with E-state index in [0.29, 0.717) is 16.4 Å². The van der Waals surface area contributed by atoms with Gasteiger partial charge in [-0.05, 0) is 18.2 Å². The lowest BCUT2D eigenvalue weighted by atomic mass is 10.1. The quantitative estimate of drug-likeness (QED) is 0.394. The lowest BCUT2D eigenvalue weighted by Gasteiger charge is -2.00. The number of aromatic nitrogens is 3. The molecule has 0 bridgehead atoms. The molecule has 0 aliphatic rings. The predicted molar refractivity (Wildman–Crippen MR) is 95.4 cm³/mol. The molecule has 0 atom stereocenters. The van der Waals surface area contributed by atoms with Crippen molar-refractivity contribution in [2.75, 3.05) is 0 Å². The van der Waals surface area contributed by atoms with E-state index in [4.69, 9.17) is 11.6 Å². The van der Waals surface area contributed by atoms with E-state index in [1.165, 1.54) is 17.4 Å². The number of nitro groups is 1. The zero-order valence-electron chi connectivity index (χ0n) is 12.1. The average molecular weight is 357 g/mol. The van der Waals surface area contributed by atoms with Gasteiger partial charge in [-0.3, -0.25) is 14.5 Å². The topological polar surface area (TPSA) is 73.3 Å². The van der Waals surface area contributed by atoms with Crippen LogP contribution in [0.1, 0.15) is 11.4 Å². The molecule has 0 aliphatic heterocycles. The molecule has 0 aliphatic carbocycles. The molecule has 3 heterocycles. The Bertz CT molecular complexity index is 1120. The first-order valence-corrected chi connectivity index (χ1v) is 8.22. The molecular formula is C16H9ClN4O2S. The standard InChI is InChI=1S/C16H9ClN4O2S/c17-15-13(20-8-9-24-16(20)19-15)7-6-11-5-4-10-2-1-3-12(21(22)23)14(10)18-11/h1-9H/b7-6+. The van der Waals surface area contributed by atoms with Crippen LogP contribution in [0.3, 0.4) is 0 Å². The second-order valence-corrected chi connectivity index (χ2v) is 6.25. The molecule has 0 saturated heterocycles. The Morgan fingerprint density at radius 2 is 2.08 bits per heavy atom. The summed E-state index contributed by atoms with van der Waals surface area (Å²) in [4.78, 5) is 20.2. The predicted octanol–water partition coefficient (Wildman–Crippen LogP) is 4.68. The zero-order chi connectivity index (χ0) is 16.7. The summed E-state index contributed by atoms with van der Waals surface area (Å²) in [5.74, 6) is 0. The smallest absolute Gasteiger partial charge is 0.289 e. The number of hydrogen-bond acceptors (Lipinski definition) is 5. The van der Waals surface area contributed by atoms with Crippen molar-refractivity contribution >= 4 is 56.6 Å². The van der Waals surface area contributed by atoms with Gasteiger partial charge in [0.05, 0.1) is 16.3 Å². The van der Waals surface area contributed by atoms with Crippen LogP contribution in [0.2, 0.25) is 5.15 Å². The first-order chi connectivity index (χ1) is 11.6. The van der Waals surface area contributed by atoms with Crippen LogP contribution in [0, 0.1) is 10.1 Å². The van der Waals surface area contributed by atoms with Gasteiger partial charge >= 0.3 is 0 Å². The van der Waals surface area contributed by atoms with Gasteiger partial charge in [-0.15, -0.1) is 11.3 Å². The van der Waals surface area contributed by atoms with E-state index in [2.05, 4.69) is 9.97 Å². The third kappa shape index (κ3) is 2.44. The van der Waals surface area contributed by atoms with Crippen molar-refractivity contribution in [3.63, 3.8) is 0 Å². The van der Waals surface area contributed by atoms with Crippen LogP contribution in [-0.4, -0.2) is 19.3 Å². The highest BCUT2D eigenvalue weighted by Gasteiger charge is 2.13. The van der Waals surface area contributed by atoms with Crippen molar-refractivity contribution in [2.45, 2.75) is 0 Å². The van der Waals surface area contributed by atoms with E-state index in [1.807, 2.05) is 28.1 Å². The number of imidazole rings is 1. The highest BCUT2D eigenvalue weighted by atomic mass is 35.5. The second kappa shape index (κ2) is 5.70. The number of halogens is 1. The number of pyridine rings is 1. The molecule has 0 fully saturated rings. The zero-order valence-corrected chi connectivity index (χ0v) is 13.7. The second-order valence-electron chi connectivity index (χ2n) is 5.02. The van der Waals surface area contributed by atoms with Gasteiger partial charge < -0.3 is 0 Å². The minimum atomic E-state index is -0.425. The van der Waals surface area contributed by atoms with Gasteiger partial charge in [-0.25, -0.2) is 9.97 Å². The summed E-state index contributed by atoms with van der Waals surface area (Å²) < 4.78 is 1.88. The van der Waals surface area contributed by atoms with Crippen molar-refractivity contribution in [1.29, 1.82) is 0 Å². The van der Waals surface area contributed by atoms with Gasteiger partial charge in [0.25, 0.3) is 5.69 Å². The van der Waals surface area contributed by atoms with Gasteiger partial charge in [-0.1, -0.05) is 29.8 Å². The Morgan fingerprint density at radius 1 is 1.21 bits per heavy atom. The van der Waals surface area contributed by atoms with Gasteiger partial charge in [-0.2, -0.15) is 0 Å². The third-order valence-corrected chi connectivity index (χ3v) is 4.62. The number of non-ortho nitro benzene ring substituents is 1. The van der Waals surface area contributed by atoms with Crippen LogP contribution in [-0.2, 0) is 0 Å². The number of fused-ring (bicyclic) bond motifs is 2. The minimum Gasteiger partial charge on any atom is -0.289 e. The Kier molecular flexibility index (Phi) is 3.51. The number of para-hydroxylation sites is 1. The SMILES string of the molecule is O=[N+]([O-])c1cccc2ccc(/C=C/c3c(Cl)nc4sccn34)nc12. The van der Waals surface area contributed by atoms with Crippen LogP contribution in [0.4, 0.5) is 5.69 Å². The average Bonchev–Trinajstić information content (AvgIpc) is 3.13. The van der Waals surface area contributed by atoms with Crippen molar-refractivity contribution in [3.8, 4) is 0 Å². The van der Waals surface area contributed by atoms with E-state index >= 15 is 0 Å². The van der Waals surface area contributed by atoms with Crippen LogP contribution < -0.4 is 0 Å². The number of thiazole rings is 1. The summed E-state index contributed by atoms with van der Waals surface area (Å²) in [7, 11) is 0. The summed E-state index contributed by atoms with van der Waals surface area (Å²) in [6.45, 7) is 0. The lowest BCUT2D eigenvalue weighted by molar-refractivity contribution is -0.383. The maximum atomic E-state index is 11.2. The Morgan fingerprint density at radius 3 is 2.92 bits per heavy atom. The number of benzene rings is 1. The van der Waals surface area contributed by atoms with E-state index in [-0.39, 0.29) is 5.69 Å². The van der Waals surface area contributed by atoms with Crippen LogP contribution >= 0.6 is 22.9 Å². The van der Waals surface area contributed by atoms with Gasteiger partial charge in [0.15, 0.2) is 10.1 Å². The summed E-state index contributed by atoms with van der Waals surface area (Å²) >= 11 is 7.64. The fraction of sp³-hybridized carbons (Fsp3) is 0. The summed E-state index contributed by atoms with van der Waals surface area (Å²) in [6, 6.07) is 8.52. The van der Waals surface area contributed by atoms with Gasteiger partial charge in [0.2, 0.25) is 0 Å². The fourth-order valence-corrected chi connectivity index (χ4v) is 3.48. The van der Waals surface area contributed by atoms with Crippen molar-refractivity contribution in [3.05, 3.63) is 68.6 Å². The molecule has 0 radical (unpaired) electrons. The molecule has 0 saturated carbocycles. The molecule has 1 aromatic carbocycles. The van der Waals surface area contributed by atoms with E-state index < -0.39 is 4.92 Å². The van der Waals surface area contributed by atoms with E-state index in [0.717, 1.165) is 16.0 Å². The first-order valence-electron chi connectivity index (χ1n) is 6.97. The summed E-state index contributed by atoms with van der Waals surface area (Å²) in [5.41, 5.74) is 1.71. The summed E-state index contributed by atoms with van der Waals surface area (Å²) in [6.07, 6.45) is 5.46. The van der Waals surface area contributed by atoms with E-state index in [1.54, 1.807) is 24.3 Å². The Hall–Kier alpha value is -2.77. The molecule has 8 heteroatoms. The molecule has 3 aromatic heterocycles. The molecular weight excluding hydrogens is 348 g/mol. The normalized spacial score (nSPS) is 11.7. The molecule has 0 spiro atoms. The number of nitro benzene ring substituents is 1. The van der Waals surface area contributed by atoms with Crippen molar-refractivity contribution in [2.24, 2.45) is 0 Å². The molecule has 0 N–H and O–H groups in total. The highest BCUT2D eigenvalue weighted by Crippen LogP contribution is 2.25. The maximum absolute atomic E-state index is 11.2. The first kappa shape index (κ1) is 14.8. The van der Waals surface area contributed by atoms with Crippen LogP contribution in [0.15, 0.2) is 41.9 Å². The fourth-order valence-electron chi connectivity index (χ4n) is 2.48. The van der Waals surface area contributed by atoms with Crippen molar-refractivity contribution in [1.82, 2.24) is 14.4 Å². The number of hydrogen-bond donors (Lipinski definition) is 0. The molecule has 24 heavy (non-hydrogen) atoms. The Labute approximate surface area is 144 Å². The van der Waals surface area contributed by atoms with Gasteiger partial charge in [0.1, 0.15) is 5.52 Å². The largest absolute Gasteiger partial charge is 0.295 e. The summed E-state index contributed by atoms with van der Waals surface area (Å²) in [5, 5.41) is 14.2. The van der Waals surface area contributed by atoms with E-state index in [9.17, 15) is 10.1 Å². The lowest BCUT2D eigenvalue weighted by Crippen LogP contribution is -1.92. The number of rotatable bonds is 3. The third-order valence-electron chi connectivity index (χ3n) is 3.58. The van der Waals surface area contributed by atoms with Gasteiger partial charge in [0, 0.05) is 23.0 Å². The highest BCUT2D eigenvalue weighted by molar-refractivity contribution is 7.15.